The third-order valence-electron chi connectivity index (χ3n) is 2.94. The third kappa shape index (κ3) is 3.84. The first-order valence-corrected chi connectivity index (χ1v) is 8.69. The van der Waals surface area contributed by atoms with Crippen LogP contribution < -0.4 is 10.7 Å². The largest absolute Gasteiger partial charge is 0.316 e. The van der Waals surface area contributed by atoms with E-state index in [1.165, 1.54) is 41.9 Å². The van der Waals surface area contributed by atoms with Gasteiger partial charge in [0.1, 0.15) is 16.5 Å². The van der Waals surface area contributed by atoms with E-state index in [1.54, 1.807) is 18.2 Å². The summed E-state index contributed by atoms with van der Waals surface area (Å²) in [5.74, 6) is -0.515. The number of carbonyl (C=O) groups excluding carboxylic acids is 1. The lowest BCUT2D eigenvalue weighted by atomic mass is 10.2. The van der Waals surface area contributed by atoms with Crippen molar-refractivity contribution in [1.29, 1.82) is 0 Å². The first kappa shape index (κ1) is 16.3. The molecule has 0 spiro atoms. The van der Waals surface area contributed by atoms with E-state index >= 15 is 0 Å². The van der Waals surface area contributed by atoms with Gasteiger partial charge >= 0.3 is 0 Å². The van der Waals surface area contributed by atoms with Crippen LogP contribution in [0.25, 0.3) is 10.6 Å². The quantitative estimate of drug-likeness (QED) is 0.523. The number of thiophene rings is 1. The molecule has 0 radical (unpaired) electrons. The molecule has 1 amide bonds. The molecule has 3 rings (SSSR count). The fourth-order valence-electron chi connectivity index (χ4n) is 1.93. The predicted octanol–water partition coefficient (Wildman–Crippen LogP) is 4.42. The van der Waals surface area contributed by atoms with Crippen molar-refractivity contribution in [1.82, 2.24) is 4.98 Å². The molecule has 1 aromatic carbocycles. The summed E-state index contributed by atoms with van der Waals surface area (Å²) in [6.07, 6.45) is 1.39. The highest BCUT2D eigenvalue weighted by Gasteiger charge is 2.14. The Balaban J connectivity index is 1.81. The molecule has 5 nitrogen and oxygen atoms in total. The fourth-order valence-corrected chi connectivity index (χ4v) is 3.59. The van der Waals surface area contributed by atoms with Crippen molar-refractivity contribution < 1.29 is 9.18 Å². The first-order valence-electron chi connectivity index (χ1n) is 6.99. The number of carbonyl (C=O) groups is 1. The molecule has 0 saturated carbocycles. The Labute approximate surface area is 145 Å². The van der Waals surface area contributed by atoms with E-state index in [-0.39, 0.29) is 11.7 Å². The van der Waals surface area contributed by atoms with Gasteiger partial charge in [0.2, 0.25) is 11.0 Å². The summed E-state index contributed by atoms with van der Waals surface area (Å²) in [6.45, 7) is 1.45. The topological polar surface area (TPSA) is 66.4 Å². The zero-order chi connectivity index (χ0) is 16.9. The van der Waals surface area contributed by atoms with Crippen molar-refractivity contribution in [2.45, 2.75) is 6.92 Å². The van der Waals surface area contributed by atoms with Crippen LogP contribution in [-0.4, -0.2) is 17.1 Å². The van der Waals surface area contributed by atoms with Crippen LogP contribution in [0.5, 0.6) is 0 Å². The van der Waals surface area contributed by atoms with Crippen LogP contribution in [0, 0.1) is 5.82 Å². The minimum Gasteiger partial charge on any atom is -0.316 e. The number of amides is 1. The number of aromatic nitrogens is 1. The second kappa shape index (κ2) is 7.33. The summed E-state index contributed by atoms with van der Waals surface area (Å²) < 4.78 is 13.5. The summed E-state index contributed by atoms with van der Waals surface area (Å²) >= 11 is 2.80. The molecule has 24 heavy (non-hydrogen) atoms. The van der Waals surface area contributed by atoms with Crippen molar-refractivity contribution >= 4 is 44.9 Å². The van der Waals surface area contributed by atoms with Gasteiger partial charge in [-0.3, -0.25) is 10.2 Å². The van der Waals surface area contributed by atoms with Gasteiger partial charge < -0.3 is 5.32 Å². The van der Waals surface area contributed by atoms with Gasteiger partial charge in [-0.05, 0) is 17.5 Å². The number of rotatable bonds is 5. The number of hydrogen-bond donors (Lipinski definition) is 2. The normalized spacial score (nSPS) is 10.9. The van der Waals surface area contributed by atoms with Crippen LogP contribution >= 0.6 is 22.7 Å². The molecule has 0 fully saturated rings. The second-order valence-electron chi connectivity index (χ2n) is 4.75. The maximum Gasteiger partial charge on any atom is 0.221 e. The summed E-state index contributed by atoms with van der Waals surface area (Å²) in [4.78, 5) is 16.8. The van der Waals surface area contributed by atoms with Crippen LogP contribution in [-0.2, 0) is 4.79 Å². The van der Waals surface area contributed by atoms with Gasteiger partial charge in [-0.1, -0.05) is 35.6 Å². The molecular formula is C16H13FN4OS2. The van der Waals surface area contributed by atoms with E-state index in [9.17, 15) is 9.18 Å². The molecule has 0 unspecified atom stereocenters. The second-order valence-corrected chi connectivity index (χ2v) is 6.69. The SMILES string of the molecule is CC(=O)Nc1sc(N/N=C\c2ccccc2F)nc1-c1cccs1. The van der Waals surface area contributed by atoms with Crippen LogP contribution in [0.1, 0.15) is 12.5 Å². The smallest absolute Gasteiger partial charge is 0.221 e. The average Bonchev–Trinajstić information content (AvgIpc) is 3.18. The van der Waals surface area contributed by atoms with E-state index in [0.717, 1.165) is 4.88 Å². The van der Waals surface area contributed by atoms with E-state index in [0.29, 0.717) is 21.4 Å². The standard InChI is InChI=1S/C16H13FN4OS2/c1-10(22)19-15-14(13-7-4-8-23-13)20-16(24-15)21-18-9-11-5-2-3-6-12(11)17/h2-9H,1H3,(H,19,22)(H,20,21)/b18-9-. The lowest BCUT2D eigenvalue weighted by Crippen LogP contribution is -2.04. The summed E-state index contributed by atoms with van der Waals surface area (Å²) in [5.41, 5.74) is 3.85. The number of nitrogens with zero attached hydrogens (tertiary/aromatic N) is 2. The van der Waals surface area contributed by atoms with E-state index < -0.39 is 0 Å². The number of benzene rings is 1. The molecular weight excluding hydrogens is 347 g/mol. The van der Waals surface area contributed by atoms with E-state index in [2.05, 4.69) is 20.8 Å². The molecule has 3 aromatic rings. The number of thiazole rings is 1. The van der Waals surface area contributed by atoms with Crippen LogP contribution in [0.4, 0.5) is 14.5 Å². The first-order chi connectivity index (χ1) is 11.6. The predicted molar refractivity (Wildman–Crippen MR) is 97.3 cm³/mol. The number of hydrogen-bond acceptors (Lipinski definition) is 6. The molecule has 0 aliphatic carbocycles. The lowest BCUT2D eigenvalue weighted by molar-refractivity contribution is -0.114. The van der Waals surface area contributed by atoms with Gasteiger partial charge in [-0.15, -0.1) is 11.3 Å². The van der Waals surface area contributed by atoms with Crippen LogP contribution in [0.15, 0.2) is 46.9 Å². The molecule has 2 heterocycles. The average molecular weight is 360 g/mol. The van der Waals surface area contributed by atoms with Gasteiger partial charge in [0.15, 0.2) is 0 Å². The number of halogens is 1. The van der Waals surface area contributed by atoms with Crippen LogP contribution in [0.2, 0.25) is 0 Å². The monoisotopic (exact) mass is 360 g/mol. The van der Waals surface area contributed by atoms with E-state index in [1.807, 2.05) is 17.5 Å². The Hall–Kier alpha value is -2.58. The summed E-state index contributed by atoms with van der Waals surface area (Å²) in [7, 11) is 0. The van der Waals surface area contributed by atoms with Crippen LogP contribution in [0.3, 0.4) is 0 Å². The van der Waals surface area contributed by atoms with Gasteiger partial charge in [0, 0.05) is 12.5 Å². The molecule has 8 heteroatoms. The molecule has 0 saturated heterocycles. The van der Waals surface area contributed by atoms with Crippen molar-refractivity contribution in [3.8, 4) is 10.6 Å². The molecule has 0 atom stereocenters. The Kier molecular flexibility index (Phi) is 4.97. The fraction of sp³-hybridized carbons (Fsp3) is 0.0625. The van der Waals surface area contributed by atoms with E-state index in [4.69, 9.17) is 0 Å². The Bertz CT molecular complexity index is 874. The maximum absolute atomic E-state index is 13.5. The molecule has 0 aliphatic rings. The highest BCUT2D eigenvalue weighted by atomic mass is 32.1. The Morgan fingerprint density at radius 2 is 2.12 bits per heavy atom. The molecule has 0 aliphatic heterocycles. The molecule has 2 aromatic heterocycles. The van der Waals surface area contributed by atoms with Crippen molar-refractivity contribution in [2.75, 3.05) is 10.7 Å². The van der Waals surface area contributed by atoms with Gasteiger partial charge in [-0.25, -0.2) is 9.37 Å². The van der Waals surface area contributed by atoms with Gasteiger partial charge in [-0.2, -0.15) is 5.10 Å². The van der Waals surface area contributed by atoms with Gasteiger partial charge in [0.05, 0.1) is 11.1 Å². The maximum atomic E-state index is 13.5. The number of anilines is 2. The molecule has 0 bridgehead atoms. The minimum atomic E-state index is -0.347. The van der Waals surface area contributed by atoms with Crippen molar-refractivity contribution in [3.05, 3.63) is 53.2 Å². The Morgan fingerprint density at radius 1 is 1.29 bits per heavy atom. The molecule has 122 valence electrons. The number of hydrazone groups is 1. The minimum absolute atomic E-state index is 0.169. The highest BCUT2D eigenvalue weighted by molar-refractivity contribution is 7.21. The van der Waals surface area contributed by atoms with Crippen molar-refractivity contribution in [3.63, 3.8) is 0 Å². The van der Waals surface area contributed by atoms with Crippen molar-refractivity contribution in [2.24, 2.45) is 5.10 Å². The highest BCUT2D eigenvalue weighted by Crippen LogP contribution is 2.37. The zero-order valence-electron chi connectivity index (χ0n) is 12.6. The third-order valence-corrected chi connectivity index (χ3v) is 4.69. The molecule has 2 N–H and O–H groups in total. The summed E-state index contributed by atoms with van der Waals surface area (Å²) in [6, 6.07) is 10.2. The van der Waals surface area contributed by atoms with Gasteiger partial charge in [0.25, 0.3) is 0 Å². The number of nitrogens with one attached hydrogen (secondary N) is 2. The zero-order valence-corrected chi connectivity index (χ0v) is 14.2. The lowest BCUT2D eigenvalue weighted by Gasteiger charge is -1.99. The summed E-state index contributed by atoms with van der Waals surface area (Å²) in [5, 5.41) is 9.88. The Morgan fingerprint density at radius 3 is 2.83 bits per heavy atom.